The minimum atomic E-state index is -0.189. The number of rotatable bonds is 3. The number of nitrogens with zero attached hydrogens (tertiary/aromatic N) is 3. The molecule has 6 nitrogen and oxygen atoms in total. The molecule has 146 valence electrons. The van der Waals surface area contributed by atoms with Crippen molar-refractivity contribution in [2.24, 2.45) is 11.7 Å². The molecule has 1 aliphatic rings. The highest BCUT2D eigenvalue weighted by Crippen LogP contribution is 2.34. The number of hydrogen-bond donors (Lipinski definition) is 1. The largest absolute Gasteiger partial charge is 0.338 e. The third-order valence-corrected chi connectivity index (χ3v) is 5.55. The molecular weight excluding hydrogens is 352 g/mol. The number of carbonyl (C=O) groups excluding carboxylic acids is 1. The van der Waals surface area contributed by atoms with E-state index in [0.29, 0.717) is 30.9 Å². The van der Waals surface area contributed by atoms with E-state index in [1.54, 1.807) is 6.20 Å². The van der Waals surface area contributed by atoms with E-state index >= 15 is 0 Å². The predicted molar refractivity (Wildman–Crippen MR) is 108 cm³/mol. The Balaban J connectivity index is 1.63. The zero-order valence-corrected chi connectivity index (χ0v) is 16.6. The summed E-state index contributed by atoms with van der Waals surface area (Å²) < 4.78 is 5.34. The highest BCUT2D eigenvalue weighted by molar-refractivity contribution is 5.97. The molecule has 1 aliphatic heterocycles. The summed E-state index contributed by atoms with van der Waals surface area (Å²) in [5, 5.41) is 4.96. The van der Waals surface area contributed by atoms with Gasteiger partial charge in [0.25, 0.3) is 11.6 Å². The number of nitrogens with two attached hydrogens (primary N) is 1. The van der Waals surface area contributed by atoms with Gasteiger partial charge in [0.15, 0.2) is 0 Å². The molecule has 3 aromatic rings. The van der Waals surface area contributed by atoms with Crippen molar-refractivity contribution in [1.29, 1.82) is 0 Å². The highest BCUT2D eigenvalue weighted by atomic mass is 16.5. The lowest BCUT2D eigenvalue weighted by Gasteiger charge is -2.17. The summed E-state index contributed by atoms with van der Waals surface area (Å²) in [5.41, 5.74) is 8.90. The number of aromatic nitrogens is 2. The van der Waals surface area contributed by atoms with Crippen LogP contribution in [0.4, 0.5) is 0 Å². The van der Waals surface area contributed by atoms with Gasteiger partial charge in [-0.3, -0.25) is 4.79 Å². The van der Waals surface area contributed by atoms with Gasteiger partial charge in [-0.15, -0.1) is 0 Å². The van der Waals surface area contributed by atoms with Crippen LogP contribution in [0.1, 0.15) is 48.3 Å². The molecule has 0 bridgehead atoms. The number of carbonyl (C=O) groups is 1. The van der Waals surface area contributed by atoms with Crippen molar-refractivity contribution in [1.82, 2.24) is 15.0 Å². The molecule has 1 fully saturated rings. The molecule has 4 rings (SSSR count). The van der Waals surface area contributed by atoms with Crippen molar-refractivity contribution in [3.8, 4) is 0 Å². The number of likely N-dealkylation sites (tertiary alicyclic amines) is 1. The molecule has 0 unspecified atom stereocenters. The van der Waals surface area contributed by atoms with E-state index in [9.17, 15) is 4.79 Å². The second-order valence-corrected chi connectivity index (χ2v) is 8.58. The van der Waals surface area contributed by atoms with Crippen molar-refractivity contribution in [3.05, 3.63) is 59.4 Å². The minimum absolute atomic E-state index is 0.0210. The Bertz CT molecular complexity index is 991. The van der Waals surface area contributed by atoms with Crippen molar-refractivity contribution >= 4 is 17.0 Å². The Morgan fingerprint density at radius 2 is 2.00 bits per heavy atom. The summed E-state index contributed by atoms with van der Waals surface area (Å²) in [7, 11) is 0. The topological polar surface area (TPSA) is 85.2 Å². The Morgan fingerprint density at radius 3 is 2.68 bits per heavy atom. The van der Waals surface area contributed by atoms with Crippen molar-refractivity contribution in [3.63, 3.8) is 0 Å². The number of fused-ring (bicyclic) bond motifs is 1. The van der Waals surface area contributed by atoms with Crippen LogP contribution in [0.3, 0.4) is 0 Å². The fourth-order valence-electron chi connectivity index (χ4n) is 4.03. The van der Waals surface area contributed by atoms with Gasteiger partial charge in [0.05, 0.1) is 16.6 Å². The fraction of sp³-hybridized carbons (Fsp3) is 0.409. The predicted octanol–water partition coefficient (Wildman–Crippen LogP) is 3.33. The minimum Gasteiger partial charge on any atom is -0.338 e. The molecule has 0 radical (unpaired) electrons. The Morgan fingerprint density at radius 1 is 1.25 bits per heavy atom. The van der Waals surface area contributed by atoms with Crippen LogP contribution in [0.15, 0.2) is 47.1 Å². The van der Waals surface area contributed by atoms with Crippen LogP contribution in [-0.4, -0.2) is 40.6 Å². The third kappa shape index (κ3) is 3.29. The molecule has 3 heterocycles. The normalized spacial score (nSPS) is 20.1. The maximum atomic E-state index is 13.2. The van der Waals surface area contributed by atoms with Crippen LogP contribution in [-0.2, 0) is 5.41 Å². The summed E-state index contributed by atoms with van der Waals surface area (Å²) >= 11 is 0. The summed E-state index contributed by atoms with van der Waals surface area (Å²) in [6.45, 7) is 8.07. The SMILES string of the molecule is CC(C)(C)c1noc2ncc(C(=O)N3C[C@@H](CN)[C@H](c4ccccc4)C3)cc12. The summed E-state index contributed by atoms with van der Waals surface area (Å²) in [4.78, 5) is 19.4. The molecular formula is C22H26N4O2. The average Bonchev–Trinajstić information content (AvgIpc) is 3.31. The van der Waals surface area contributed by atoms with E-state index in [4.69, 9.17) is 10.3 Å². The van der Waals surface area contributed by atoms with E-state index in [2.05, 4.69) is 43.0 Å². The maximum absolute atomic E-state index is 13.2. The van der Waals surface area contributed by atoms with Gasteiger partial charge in [-0.2, -0.15) is 0 Å². The van der Waals surface area contributed by atoms with Gasteiger partial charge in [0, 0.05) is 30.6 Å². The summed E-state index contributed by atoms with van der Waals surface area (Å²) in [6.07, 6.45) is 1.58. The first kappa shape index (κ1) is 18.6. The molecule has 1 aromatic carbocycles. The first-order chi connectivity index (χ1) is 13.4. The molecule has 0 aliphatic carbocycles. The lowest BCUT2D eigenvalue weighted by atomic mass is 9.89. The maximum Gasteiger partial charge on any atom is 0.257 e. The van der Waals surface area contributed by atoms with Crippen LogP contribution in [0.5, 0.6) is 0 Å². The number of benzene rings is 1. The summed E-state index contributed by atoms with van der Waals surface area (Å²) in [6, 6.07) is 12.2. The standard InChI is InChI=1S/C22H26N4O2/c1-22(2,3)19-17-9-15(11-24-20(17)28-25-19)21(27)26-12-16(10-23)18(13-26)14-7-5-4-6-8-14/h4-9,11,16,18H,10,12-13,23H2,1-3H3/t16-,18+/m1/s1. The van der Waals surface area contributed by atoms with Crippen LogP contribution >= 0.6 is 0 Å². The zero-order chi connectivity index (χ0) is 19.9. The van der Waals surface area contributed by atoms with Crippen LogP contribution in [0.25, 0.3) is 11.1 Å². The van der Waals surface area contributed by atoms with Crippen molar-refractivity contribution in [2.45, 2.75) is 32.1 Å². The molecule has 1 amide bonds. The van der Waals surface area contributed by atoms with Crippen LogP contribution in [0, 0.1) is 5.92 Å². The highest BCUT2D eigenvalue weighted by Gasteiger charge is 2.36. The smallest absolute Gasteiger partial charge is 0.257 e. The fourth-order valence-corrected chi connectivity index (χ4v) is 4.03. The van der Waals surface area contributed by atoms with E-state index in [-0.39, 0.29) is 23.2 Å². The zero-order valence-electron chi connectivity index (χ0n) is 16.6. The molecule has 0 spiro atoms. The average molecular weight is 378 g/mol. The molecule has 2 aromatic heterocycles. The first-order valence-corrected chi connectivity index (χ1v) is 9.68. The van der Waals surface area contributed by atoms with Gasteiger partial charge in [-0.1, -0.05) is 56.3 Å². The Kier molecular flexibility index (Phi) is 4.67. The van der Waals surface area contributed by atoms with Crippen LogP contribution < -0.4 is 5.73 Å². The van der Waals surface area contributed by atoms with Gasteiger partial charge >= 0.3 is 0 Å². The Hall–Kier alpha value is -2.73. The lowest BCUT2D eigenvalue weighted by molar-refractivity contribution is 0.0786. The van der Waals surface area contributed by atoms with Crippen molar-refractivity contribution < 1.29 is 9.32 Å². The van der Waals surface area contributed by atoms with E-state index in [0.717, 1.165) is 11.1 Å². The quantitative estimate of drug-likeness (QED) is 0.755. The van der Waals surface area contributed by atoms with Gasteiger partial charge in [0.1, 0.15) is 0 Å². The van der Waals surface area contributed by atoms with Gasteiger partial charge in [-0.05, 0) is 24.1 Å². The van der Waals surface area contributed by atoms with E-state index < -0.39 is 0 Å². The Labute approximate surface area is 164 Å². The molecule has 1 saturated heterocycles. The number of pyridine rings is 1. The molecule has 0 saturated carbocycles. The number of amides is 1. The third-order valence-electron chi connectivity index (χ3n) is 5.55. The molecule has 6 heteroatoms. The summed E-state index contributed by atoms with van der Waals surface area (Å²) in [5.74, 6) is 0.490. The van der Waals surface area contributed by atoms with Crippen molar-refractivity contribution in [2.75, 3.05) is 19.6 Å². The lowest BCUT2D eigenvalue weighted by Crippen LogP contribution is -2.30. The molecule has 28 heavy (non-hydrogen) atoms. The number of hydrogen-bond acceptors (Lipinski definition) is 5. The van der Waals surface area contributed by atoms with E-state index in [1.165, 1.54) is 5.56 Å². The second kappa shape index (κ2) is 7.02. The second-order valence-electron chi connectivity index (χ2n) is 8.58. The molecule has 2 atom stereocenters. The van der Waals surface area contributed by atoms with E-state index in [1.807, 2.05) is 29.2 Å². The van der Waals surface area contributed by atoms with Gasteiger partial charge in [-0.25, -0.2) is 4.98 Å². The molecule has 2 N–H and O–H groups in total. The van der Waals surface area contributed by atoms with Gasteiger partial charge in [0.2, 0.25) is 0 Å². The first-order valence-electron chi connectivity index (χ1n) is 9.68. The van der Waals surface area contributed by atoms with Crippen LogP contribution in [0.2, 0.25) is 0 Å². The monoisotopic (exact) mass is 378 g/mol. The van der Waals surface area contributed by atoms with Gasteiger partial charge < -0.3 is 15.2 Å².